The molecule has 1 aliphatic rings. The van der Waals surface area contributed by atoms with E-state index in [1.54, 1.807) is 30.3 Å². The van der Waals surface area contributed by atoms with Gasteiger partial charge < -0.3 is 15.3 Å². The van der Waals surface area contributed by atoms with Gasteiger partial charge in [0.25, 0.3) is 5.91 Å². The molecule has 38 heavy (non-hydrogen) atoms. The summed E-state index contributed by atoms with van der Waals surface area (Å²) in [6.07, 6.45) is -3.28. The predicted octanol–water partition coefficient (Wildman–Crippen LogP) is 6.04. The van der Waals surface area contributed by atoms with E-state index in [1.165, 1.54) is 24.3 Å². The molecule has 200 valence electrons. The minimum atomic E-state index is -4.48. The first-order chi connectivity index (χ1) is 18.0. The van der Waals surface area contributed by atoms with Crippen molar-refractivity contribution < 1.29 is 32.3 Å². The zero-order valence-electron chi connectivity index (χ0n) is 20.6. The fourth-order valence-corrected chi connectivity index (χ4v) is 4.67. The molecule has 4 rings (SSSR count). The van der Waals surface area contributed by atoms with Gasteiger partial charge in [-0.3, -0.25) is 9.59 Å². The van der Waals surface area contributed by atoms with Crippen molar-refractivity contribution in [2.75, 3.05) is 25.0 Å². The van der Waals surface area contributed by atoms with Crippen LogP contribution < -0.4 is 5.32 Å². The molecule has 0 bridgehead atoms. The fraction of sp³-hybridized carbons (Fsp3) is 0.310. The Morgan fingerprint density at radius 2 is 1.66 bits per heavy atom. The van der Waals surface area contributed by atoms with Gasteiger partial charge in [0.05, 0.1) is 16.9 Å². The fourth-order valence-electron chi connectivity index (χ4n) is 4.67. The van der Waals surface area contributed by atoms with Gasteiger partial charge in [-0.1, -0.05) is 30.3 Å². The number of hydrogen-bond acceptors (Lipinski definition) is 4. The second kappa shape index (κ2) is 11.4. The summed E-state index contributed by atoms with van der Waals surface area (Å²) in [6, 6.07) is 16.9. The van der Waals surface area contributed by atoms with Gasteiger partial charge in [0.15, 0.2) is 5.78 Å². The Morgan fingerprint density at radius 3 is 2.34 bits per heavy atom. The summed E-state index contributed by atoms with van der Waals surface area (Å²) in [4.78, 5) is 27.5. The monoisotopic (exact) mass is 528 g/mol. The quantitative estimate of drug-likeness (QED) is 0.276. The first kappa shape index (κ1) is 27.5. The Balaban J connectivity index is 1.31. The lowest BCUT2D eigenvalue weighted by atomic mass is 9.83. The molecule has 1 aliphatic heterocycles. The van der Waals surface area contributed by atoms with Gasteiger partial charge in [0.1, 0.15) is 5.82 Å². The molecule has 3 aromatic carbocycles. The molecule has 1 saturated heterocycles. The highest BCUT2D eigenvalue weighted by molar-refractivity contribution is 6.09. The SMILES string of the molecule is O=C(Nc1cc(F)ccc1C(=O)CCCN1CCC(O)(c2cccc(C(F)(F)F)c2)CC1)c1ccccc1. The van der Waals surface area contributed by atoms with Crippen molar-refractivity contribution in [2.24, 2.45) is 0 Å². The molecule has 0 aromatic heterocycles. The molecule has 0 aliphatic carbocycles. The van der Waals surface area contributed by atoms with Crippen LogP contribution in [0.5, 0.6) is 0 Å². The van der Waals surface area contributed by atoms with E-state index >= 15 is 0 Å². The number of alkyl halides is 3. The van der Waals surface area contributed by atoms with Crippen molar-refractivity contribution in [1.29, 1.82) is 0 Å². The van der Waals surface area contributed by atoms with E-state index in [-0.39, 0.29) is 41.9 Å². The number of aliphatic hydroxyl groups is 1. The highest BCUT2D eigenvalue weighted by atomic mass is 19.4. The number of Topliss-reactive ketones (excluding diaryl/α,β-unsaturated/α-hetero) is 1. The van der Waals surface area contributed by atoms with Crippen LogP contribution in [0.25, 0.3) is 0 Å². The number of likely N-dealkylation sites (tertiary alicyclic amines) is 1. The maximum absolute atomic E-state index is 13.9. The summed E-state index contributed by atoms with van der Waals surface area (Å²) >= 11 is 0. The zero-order valence-corrected chi connectivity index (χ0v) is 20.6. The molecule has 0 saturated carbocycles. The Hall–Kier alpha value is -3.56. The van der Waals surface area contributed by atoms with Gasteiger partial charge in [-0.2, -0.15) is 13.2 Å². The topological polar surface area (TPSA) is 69.6 Å². The third-order valence-corrected chi connectivity index (χ3v) is 6.85. The van der Waals surface area contributed by atoms with E-state index in [1.807, 2.05) is 0 Å². The van der Waals surface area contributed by atoms with Crippen LogP contribution in [0.3, 0.4) is 0 Å². The molecule has 0 unspecified atom stereocenters. The average molecular weight is 529 g/mol. The summed E-state index contributed by atoms with van der Waals surface area (Å²) in [5.41, 5.74) is -1.17. The van der Waals surface area contributed by atoms with Crippen LogP contribution in [0.4, 0.5) is 23.2 Å². The minimum absolute atomic E-state index is 0.105. The first-order valence-electron chi connectivity index (χ1n) is 12.4. The average Bonchev–Trinajstić information content (AvgIpc) is 2.90. The smallest absolute Gasteiger partial charge is 0.385 e. The van der Waals surface area contributed by atoms with E-state index in [9.17, 15) is 32.3 Å². The largest absolute Gasteiger partial charge is 0.416 e. The number of halogens is 4. The number of nitrogens with one attached hydrogen (secondary N) is 1. The van der Waals surface area contributed by atoms with Gasteiger partial charge in [-0.15, -0.1) is 0 Å². The van der Waals surface area contributed by atoms with Crippen molar-refractivity contribution in [3.63, 3.8) is 0 Å². The third kappa shape index (κ3) is 6.65. The van der Waals surface area contributed by atoms with E-state index < -0.39 is 29.1 Å². The van der Waals surface area contributed by atoms with Gasteiger partial charge >= 0.3 is 6.18 Å². The van der Waals surface area contributed by atoms with Crippen LogP contribution >= 0.6 is 0 Å². The third-order valence-electron chi connectivity index (χ3n) is 6.85. The second-order valence-electron chi connectivity index (χ2n) is 9.49. The van der Waals surface area contributed by atoms with Crippen molar-refractivity contribution in [2.45, 2.75) is 37.5 Å². The van der Waals surface area contributed by atoms with Crippen LogP contribution in [-0.2, 0) is 11.8 Å². The van der Waals surface area contributed by atoms with Gasteiger partial charge in [0, 0.05) is 30.6 Å². The van der Waals surface area contributed by atoms with Gasteiger partial charge in [-0.05, 0) is 73.8 Å². The molecule has 0 spiro atoms. The number of nitrogens with zero attached hydrogens (tertiary/aromatic N) is 1. The van der Waals surface area contributed by atoms with Gasteiger partial charge in [-0.25, -0.2) is 4.39 Å². The number of ketones is 1. The van der Waals surface area contributed by atoms with Crippen molar-refractivity contribution in [1.82, 2.24) is 4.90 Å². The highest BCUT2D eigenvalue weighted by Gasteiger charge is 2.37. The van der Waals surface area contributed by atoms with Crippen LogP contribution in [0.15, 0.2) is 72.8 Å². The van der Waals surface area contributed by atoms with E-state index in [0.717, 1.165) is 18.2 Å². The predicted molar refractivity (Wildman–Crippen MR) is 135 cm³/mol. The lowest BCUT2D eigenvalue weighted by Gasteiger charge is -2.38. The molecular weight excluding hydrogens is 500 g/mol. The van der Waals surface area contributed by atoms with Crippen LogP contribution in [-0.4, -0.2) is 41.3 Å². The molecule has 2 N–H and O–H groups in total. The Labute approximate surface area is 218 Å². The van der Waals surface area contributed by atoms with Gasteiger partial charge in [0.2, 0.25) is 0 Å². The van der Waals surface area contributed by atoms with E-state index in [2.05, 4.69) is 10.2 Å². The summed E-state index contributed by atoms with van der Waals surface area (Å²) in [7, 11) is 0. The number of rotatable bonds is 8. The molecule has 3 aromatic rings. The number of amides is 1. The number of carbonyl (C=O) groups is 2. The molecular formula is C29H28F4N2O3. The summed E-state index contributed by atoms with van der Waals surface area (Å²) in [5, 5.41) is 13.6. The maximum atomic E-state index is 13.9. The molecule has 0 radical (unpaired) electrons. The standard InChI is InChI=1S/C29H28F4N2O3/c30-23-11-12-24(25(19-23)34-27(37)20-6-2-1-3-7-20)26(36)10-5-15-35-16-13-28(38,14-17-35)21-8-4-9-22(18-21)29(31,32)33/h1-4,6-9,11-12,18-19,38H,5,10,13-17H2,(H,34,37). The Morgan fingerprint density at radius 1 is 0.947 bits per heavy atom. The minimum Gasteiger partial charge on any atom is -0.385 e. The number of carbonyl (C=O) groups excluding carboxylic acids is 2. The number of hydrogen-bond donors (Lipinski definition) is 2. The molecule has 0 atom stereocenters. The maximum Gasteiger partial charge on any atom is 0.416 e. The van der Waals surface area contributed by atoms with Crippen molar-refractivity contribution in [3.05, 3.63) is 101 Å². The zero-order chi connectivity index (χ0) is 27.3. The van der Waals surface area contributed by atoms with Crippen LogP contribution in [0.1, 0.15) is 57.5 Å². The summed E-state index contributed by atoms with van der Waals surface area (Å²) in [5.74, 6) is -1.27. The van der Waals surface area contributed by atoms with Crippen LogP contribution in [0, 0.1) is 5.82 Å². The van der Waals surface area contributed by atoms with Crippen molar-refractivity contribution in [3.8, 4) is 0 Å². The molecule has 5 nitrogen and oxygen atoms in total. The lowest BCUT2D eigenvalue weighted by Crippen LogP contribution is -2.43. The van der Waals surface area contributed by atoms with Crippen molar-refractivity contribution >= 4 is 17.4 Å². The number of anilines is 1. The highest BCUT2D eigenvalue weighted by Crippen LogP contribution is 2.36. The summed E-state index contributed by atoms with van der Waals surface area (Å²) in [6.45, 7) is 1.49. The summed E-state index contributed by atoms with van der Waals surface area (Å²) < 4.78 is 53.1. The molecule has 1 heterocycles. The van der Waals surface area contributed by atoms with Crippen LogP contribution in [0.2, 0.25) is 0 Å². The lowest BCUT2D eigenvalue weighted by molar-refractivity contribution is -0.137. The normalized spacial score (nSPS) is 15.7. The Bertz CT molecular complexity index is 1290. The number of benzene rings is 3. The second-order valence-corrected chi connectivity index (χ2v) is 9.49. The Kier molecular flexibility index (Phi) is 8.28. The van der Waals surface area contributed by atoms with E-state index in [0.29, 0.717) is 31.6 Å². The molecule has 9 heteroatoms. The number of piperidine rings is 1. The molecule has 1 amide bonds. The molecule has 1 fully saturated rings. The first-order valence-corrected chi connectivity index (χ1v) is 12.4. The van der Waals surface area contributed by atoms with E-state index in [4.69, 9.17) is 0 Å².